The van der Waals surface area contributed by atoms with E-state index in [4.69, 9.17) is 14.5 Å². The first-order valence-corrected chi connectivity index (χ1v) is 23.3. The van der Waals surface area contributed by atoms with Gasteiger partial charge in [-0.25, -0.2) is 23.3 Å². The Morgan fingerprint density at radius 2 is 1.63 bits per heavy atom. The van der Waals surface area contributed by atoms with Gasteiger partial charge in [0, 0.05) is 43.1 Å². The summed E-state index contributed by atoms with van der Waals surface area (Å²) in [5.41, 5.74) is -1.85. The second-order valence-electron chi connectivity index (χ2n) is 13.3. The molecule has 24 nitrogen and oxygen atoms in total. The van der Waals surface area contributed by atoms with Crippen molar-refractivity contribution in [3.63, 3.8) is 0 Å². The highest BCUT2D eigenvalue weighted by Crippen LogP contribution is 2.66. The summed E-state index contributed by atoms with van der Waals surface area (Å²) in [6.07, 6.45) is 3.80. The van der Waals surface area contributed by atoms with Gasteiger partial charge in [-0.3, -0.25) is 28.5 Å². The van der Waals surface area contributed by atoms with Gasteiger partial charge in [0.25, 0.3) is 5.56 Å². The molecule has 9 unspecified atom stereocenters. The number of fused-ring (bicyclic) bond motifs is 1. The van der Waals surface area contributed by atoms with E-state index in [1.165, 1.54) is 12.2 Å². The number of aromatic nitrogens is 2. The number of aliphatic hydroxyl groups excluding tert-OH is 2. The number of aliphatic hydroxyl groups is 2. The number of rotatable bonds is 22. The molecule has 0 aromatic carbocycles. The molecule has 9 atom stereocenters. The lowest BCUT2D eigenvalue weighted by atomic mass is 9.98. The normalized spacial score (nSPS) is 26.9. The third-order valence-corrected chi connectivity index (χ3v) is 14.3. The predicted octanol–water partition coefficient (Wildman–Crippen LogP) is -0.927. The van der Waals surface area contributed by atoms with Crippen LogP contribution < -0.4 is 32.5 Å². The van der Waals surface area contributed by atoms with Gasteiger partial charge in [-0.2, -0.15) is 20.4 Å². The highest BCUT2D eigenvalue weighted by atomic mass is 32.2. The van der Waals surface area contributed by atoms with Gasteiger partial charge in [-0.05, 0) is 25.7 Å². The monoisotopic (exact) mass is 892 g/mol. The number of nitrogens with zero attached hydrogens (tertiary/aromatic N) is 1. The fourth-order valence-electron chi connectivity index (χ4n) is 6.22. The van der Waals surface area contributed by atoms with Crippen molar-refractivity contribution in [1.82, 2.24) is 30.8 Å². The fourth-order valence-corrected chi connectivity index (χ4v) is 10.8. The minimum absolute atomic E-state index is 0.0234. The molecule has 0 aliphatic carbocycles. The number of amides is 4. The second kappa shape index (κ2) is 21.0. The van der Waals surface area contributed by atoms with Gasteiger partial charge < -0.3 is 55.8 Å². The number of unbranched alkanes of at least 4 members (excludes halogenated alkanes) is 3. The molecule has 3 aliphatic heterocycles. The molecule has 4 heterocycles. The first-order chi connectivity index (χ1) is 26.7. The third kappa shape index (κ3) is 15.1. The molecule has 4 rings (SSSR count). The maximum Gasteiger partial charge on any atom is 0.490 e. The Labute approximate surface area is 328 Å². The summed E-state index contributed by atoms with van der Waals surface area (Å²) in [7, 11) is -17.0. The second-order valence-corrected chi connectivity index (χ2v) is 19.0. The fraction of sp³-hybridized carbons (Fsp3) is 0.690. The number of phosphoric acid groups is 3. The van der Waals surface area contributed by atoms with E-state index in [2.05, 4.69) is 39.4 Å². The molecule has 0 radical (unpaired) electrons. The Hall–Kier alpha value is -2.73. The Bertz CT molecular complexity index is 1880. The summed E-state index contributed by atoms with van der Waals surface area (Å²) >= 11 is 1.84. The van der Waals surface area contributed by atoms with Gasteiger partial charge in [-0.1, -0.05) is 25.0 Å². The summed E-state index contributed by atoms with van der Waals surface area (Å²) < 4.78 is 52.1. The van der Waals surface area contributed by atoms with Gasteiger partial charge in [0.15, 0.2) is 0 Å². The van der Waals surface area contributed by atoms with E-state index in [0.29, 0.717) is 37.5 Å². The number of aromatic amines is 1. The van der Waals surface area contributed by atoms with Crippen LogP contribution in [-0.4, -0.2) is 125 Å². The van der Waals surface area contributed by atoms with E-state index in [-0.39, 0.29) is 48.5 Å². The van der Waals surface area contributed by atoms with Crippen molar-refractivity contribution >= 4 is 59.2 Å². The maximum absolute atomic E-state index is 12.6. The van der Waals surface area contributed by atoms with E-state index in [1.807, 2.05) is 11.8 Å². The zero-order valence-electron chi connectivity index (χ0n) is 30.2. The van der Waals surface area contributed by atoms with Crippen LogP contribution in [0.25, 0.3) is 6.08 Å². The van der Waals surface area contributed by atoms with Crippen molar-refractivity contribution in [2.45, 2.75) is 93.1 Å². The topological polar surface area (TPSA) is 364 Å². The summed E-state index contributed by atoms with van der Waals surface area (Å²) in [5, 5.41) is 33.1. The van der Waals surface area contributed by atoms with Gasteiger partial charge in [0.2, 0.25) is 11.8 Å². The van der Waals surface area contributed by atoms with Gasteiger partial charge >= 0.3 is 35.2 Å². The highest BCUT2D eigenvalue weighted by molar-refractivity contribution is 8.00. The Morgan fingerprint density at radius 3 is 2.35 bits per heavy atom. The van der Waals surface area contributed by atoms with Crippen LogP contribution >= 0.6 is 35.2 Å². The molecule has 0 saturated carbocycles. The molecule has 4 amide bonds. The first-order valence-electron chi connectivity index (χ1n) is 17.7. The molecule has 11 N–H and O–H groups in total. The summed E-state index contributed by atoms with van der Waals surface area (Å²) in [6.45, 7) is -1.05. The number of hydrogen-bond donors (Lipinski definition) is 11. The number of H-pyrrole nitrogens is 1. The number of thioether (sulfide) groups is 1. The lowest BCUT2D eigenvalue weighted by molar-refractivity contribution is -0.169. The average molecular weight is 893 g/mol. The average Bonchev–Trinajstić information content (AvgIpc) is 3.65. The minimum Gasteiger partial charge on any atom is -0.388 e. The van der Waals surface area contributed by atoms with Crippen LogP contribution in [0, 0.1) is 0 Å². The number of urea groups is 1. The summed E-state index contributed by atoms with van der Waals surface area (Å²) in [4.78, 5) is 99.1. The lowest BCUT2D eigenvalue weighted by Gasteiger charge is -2.38. The maximum atomic E-state index is 12.6. The van der Waals surface area contributed by atoms with Crippen molar-refractivity contribution in [1.29, 1.82) is 0 Å². The minimum atomic E-state index is -5.80. The molecule has 28 heteroatoms. The van der Waals surface area contributed by atoms with Crippen LogP contribution in [0.5, 0.6) is 0 Å². The van der Waals surface area contributed by atoms with Crippen LogP contribution in [0.15, 0.2) is 21.9 Å². The number of ether oxygens (including phenoxy) is 1. The van der Waals surface area contributed by atoms with Crippen LogP contribution in [0.1, 0.15) is 63.0 Å². The molecule has 3 saturated heterocycles. The van der Waals surface area contributed by atoms with Crippen molar-refractivity contribution < 1.29 is 75.7 Å². The third-order valence-electron chi connectivity index (χ3n) is 8.97. The van der Waals surface area contributed by atoms with Crippen molar-refractivity contribution in [3.8, 4) is 0 Å². The highest BCUT2D eigenvalue weighted by Gasteiger charge is 2.45. The number of phosphoric ester groups is 1. The SMILES string of the molecule is O=C(CCCCCNC(=O)CCCCC1SCC2NC(=O)NC21)NC/C=C/c1cn(C2COC(COP(=O)(O)OP(=O)(O)OP(=O)(O)O)C(O)C2O)c(=O)[nH]c1=O. The van der Waals surface area contributed by atoms with Gasteiger partial charge in [0.1, 0.15) is 18.3 Å². The predicted molar refractivity (Wildman–Crippen MR) is 199 cm³/mol. The van der Waals surface area contributed by atoms with Crippen molar-refractivity contribution in [2.75, 3.05) is 32.1 Å². The molecule has 322 valence electrons. The lowest BCUT2D eigenvalue weighted by Crippen LogP contribution is -2.54. The largest absolute Gasteiger partial charge is 0.490 e. The quantitative estimate of drug-likeness (QED) is 0.0381. The summed E-state index contributed by atoms with van der Waals surface area (Å²) in [5.74, 6) is 0.627. The molecule has 0 bridgehead atoms. The zero-order valence-corrected chi connectivity index (χ0v) is 33.7. The molecular formula is C29H47N6O18P3S. The zero-order chi connectivity index (χ0) is 42.0. The van der Waals surface area contributed by atoms with Gasteiger partial charge in [-0.15, -0.1) is 0 Å². The number of nitrogens with one attached hydrogen (secondary N) is 5. The molecule has 3 fully saturated rings. The Balaban J connectivity index is 1.11. The smallest absolute Gasteiger partial charge is 0.388 e. The standard InChI is InChI=1S/C29H47N6O18P3S/c36-22(9-2-1-5-11-30-23(37)10-4-3-8-21-24-18(16-57-21)32-28(41)33-24)31-12-6-7-17-13-35(29(42)34-27(17)40)19-14-50-20(26(39)25(19)38)15-51-55(46,47)53-56(48,49)52-54(43,44)45/h6-7,13,18-21,24-26,38-39H,1-5,8-12,14-16H2,(H,30,37)(H,31,36)(H,46,47)(H,48,49)(H2,32,33,41)(H,34,40,42)(H2,43,44,45)/b7-6+. The van der Waals surface area contributed by atoms with E-state index in [0.717, 1.165) is 35.8 Å². The van der Waals surface area contributed by atoms with Gasteiger partial charge in [0.05, 0.1) is 36.9 Å². The van der Waals surface area contributed by atoms with Crippen LogP contribution in [0.4, 0.5) is 4.79 Å². The molecule has 1 aromatic heterocycles. The van der Waals surface area contributed by atoms with Crippen LogP contribution in [0.2, 0.25) is 0 Å². The molecule has 1 aromatic rings. The van der Waals surface area contributed by atoms with E-state index >= 15 is 0 Å². The Morgan fingerprint density at radius 1 is 0.930 bits per heavy atom. The van der Waals surface area contributed by atoms with E-state index in [1.54, 1.807) is 0 Å². The first kappa shape index (κ1) is 47.0. The van der Waals surface area contributed by atoms with E-state index < -0.39 is 72.3 Å². The number of carbonyl (C=O) groups is 3. The number of carbonyl (C=O) groups excluding carboxylic acids is 3. The Kier molecular flexibility index (Phi) is 17.3. The van der Waals surface area contributed by atoms with Crippen LogP contribution in [0.3, 0.4) is 0 Å². The molecule has 57 heavy (non-hydrogen) atoms. The molecule has 0 spiro atoms. The van der Waals surface area contributed by atoms with Crippen molar-refractivity contribution in [3.05, 3.63) is 38.7 Å². The molecule has 3 aliphatic rings. The number of hydrogen-bond acceptors (Lipinski definition) is 15. The van der Waals surface area contributed by atoms with Crippen LogP contribution in [-0.2, 0) is 41.2 Å². The molecular weight excluding hydrogens is 845 g/mol. The van der Waals surface area contributed by atoms with E-state index in [9.17, 15) is 57.7 Å². The summed E-state index contributed by atoms with van der Waals surface area (Å²) in [6, 6.07) is -1.08. The van der Waals surface area contributed by atoms with Crippen molar-refractivity contribution in [2.24, 2.45) is 0 Å².